The summed E-state index contributed by atoms with van der Waals surface area (Å²) in [5, 5.41) is 21.2. The highest BCUT2D eigenvalue weighted by atomic mass is 16.6. The van der Waals surface area contributed by atoms with Gasteiger partial charge in [-0.05, 0) is 38.5 Å². The van der Waals surface area contributed by atoms with Crippen molar-refractivity contribution in [1.82, 2.24) is 0 Å². The molecular formula is C19H33NO5. The Balaban J connectivity index is 4.03. The maximum Gasteiger partial charge on any atom is 0.305 e. The number of hydrogen-bond acceptors (Lipinski definition) is 5. The van der Waals surface area contributed by atoms with Crippen molar-refractivity contribution in [2.45, 2.75) is 83.3 Å². The van der Waals surface area contributed by atoms with Crippen LogP contribution < -0.4 is 0 Å². The van der Waals surface area contributed by atoms with Gasteiger partial charge in [0.2, 0.25) is 6.04 Å². The predicted molar refractivity (Wildman–Crippen MR) is 98.9 cm³/mol. The van der Waals surface area contributed by atoms with Gasteiger partial charge in [-0.1, -0.05) is 44.1 Å². The summed E-state index contributed by atoms with van der Waals surface area (Å²) in [5.74, 6) is -0.212. The average molecular weight is 355 g/mol. The molecule has 0 amide bonds. The van der Waals surface area contributed by atoms with Crippen molar-refractivity contribution in [1.29, 1.82) is 0 Å². The topological polar surface area (TPSA) is 89.7 Å². The first kappa shape index (κ1) is 23.3. The SMILES string of the molecule is CCCCC/C=C\CC(C(O)C/C=C\CCCCC(=O)OC)[N+](=O)[O-]. The lowest BCUT2D eigenvalue weighted by Gasteiger charge is -2.12. The molecular weight excluding hydrogens is 322 g/mol. The second kappa shape index (κ2) is 15.8. The molecule has 0 aromatic carbocycles. The number of rotatable bonds is 15. The molecule has 1 N–H and O–H groups in total. The molecule has 0 spiro atoms. The number of esters is 1. The Morgan fingerprint density at radius 3 is 2.24 bits per heavy atom. The molecule has 0 aliphatic carbocycles. The van der Waals surface area contributed by atoms with Gasteiger partial charge in [-0.15, -0.1) is 0 Å². The Morgan fingerprint density at radius 2 is 1.68 bits per heavy atom. The average Bonchev–Trinajstić information content (AvgIpc) is 2.59. The van der Waals surface area contributed by atoms with E-state index in [1.165, 1.54) is 7.11 Å². The van der Waals surface area contributed by atoms with E-state index in [1.54, 1.807) is 6.08 Å². The van der Waals surface area contributed by atoms with Gasteiger partial charge in [0.05, 0.1) is 7.11 Å². The normalized spacial score (nSPS) is 14.0. The van der Waals surface area contributed by atoms with Crippen molar-refractivity contribution in [3.63, 3.8) is 0 Å². The molecule has 144 valence electrons. The predicted octanol–water partition coefficient (Wildman–Crippen LogP) is 4.20. The molecule has 6 heteroatoms. The van der Waals surface area contributed by atoms with Gasteiger partial charge in [-0.3, -0.25) is 14.9 Å². The van der Waals surface area contributed by atoms with E-state index >= 15 is 0 Å². The maximum atomic E-state index is 11.1. The molecule has 0 rings (SSSR count). The number of allylic oxidation sites excluding steroid dienone is 2. The summed E-state index contributed by atoms with van der Waals surface area (Å²) < 4.78 is 4.56. The van der Waals surface area contributed by atoms with Crippen molar-refractivity contribution >= 4 is 5.97 Å². The minimum atomic E-state index is -0.985. The van der Waals surface area contributed by atoms with Crippen LogP contribution >= 0.6 is 0 Å². The smallest absolute Gasteiger partial charge is 0.305 e. The van der Waals surface area contributed by atoms with E-state index in [2.05, 4.69) is 11.7 Å². The van der Waals surface area contributed by atoms with Crippen LogP contribution in [0.1, 0.15) is 71.1 Å². The van der Waals surface area contributed by atoms with Crippen LogP contribution in [0.3, 0.4) is 0 Å². The number of unbranched alkanes of at least 4 members (excludes halogenated alkanes) is 5. The highest BCUT2D eigenvalue weighted by molar-refractivity contribution is 5.68. The van der Waals surface area contributed by atoms with Crippen molar-refractivity contribution in [3.8, 4) is 0 Å². The Hall–Kier alpha value is -1.69. The van der Waals surface area contributed by atoms with Gasteiger partial charge in [0.15, 0.2) is 0 Å². The lowest BCUT2D eigenvalue weighted by molar-refractivity contribution is -0.533. The lowest BCUT2D eigenvalue weighted by Crippen LogP contribution is -2.32. The van der Waals surface area contributed by atoms with Gasteiger partial charge < -0.3 is 9.84 Å². The summed E-state index contributed by atoms with van der Waals surface area (Å²) >= 11 is 0. The fourth-order valence-electron chi connectivity index (χ4n) is 2.39. The number of carbonyl (C=O) groups is 1. The van der Waals surface area contributed by atoms with Crippen molar-refractivity contribution < 1.29 is 19.6 Å². The zero-order valence-corrected chi connectivity index (χ0v) is 15.6. The molecule has 0 aliphatic rings. The Kier molecular flexibility index (Phi) is 14.7. The monoisotopic (exact) mass is 355 g/mol. The van der Waals surface area contributed by atoms with Crippen LogP contribution in [0, 0.1) is 10.1 Å². The van der Waals surface area contributed by atoms with Gasteiger partial charge in [-0.2, -0.15) is 0 Å². The number of aliphatic hydroxyl groups excluding tert-OH is 1. The van der Waals surface area contributed by atoms with Gasteiger partial charge in [0.25, 0.3) is 0 Å². The van der Waals surface area contributed by atoms with Gasteiger partial charge >= 0.3 is 5.97 Å². The summed E-state index contributed by atoms with van der Waals surface area (Å²) in [6.07, 6.45) is 14.1. The first-order valence-electron chi connectivity index (χ1n) is 9.21. The van der Waals surface area contributed by atoms with Gasteiger partial charge in [-0.25, -0.2) is 0 Å². The molecule has 0 aromatic heterocycles. The first-order chi connectivity index (χ1) is 12.0. The highest BCUT2D eigenvalue weighted by Gasteiger charge is 2.27. The first-order valence-corrected chi connectivity index (χ1v) is 9.21. The fraction of sp³-hybridized carbons (Fsp3) is 0.737. The van der Waals surface area contributed by atoms with Crippen LogP contribution in [-0.2, 0) is 9.53 Å². The standard InChI is InChI=1S/C19H33NO5/c1-3-4-5-6-8-11-14-17(20(23)24)18(21)15-12-9-7-10-13-16-19(22)25-2/h8-9,11-12,17-18,21H,3-7,10,13-16H2,1-2H3/b11-8-,12-9-. The molecule has 2 unspecified atom stereocenters. The zero-order chi connectivity index (χ0) is 18.9. The van der Waals surface area contributed by atoms with Crippen LogP contribution in [0.5, 0.6) is 0 Å². The summed E-state index contributed by atoms with van der Waals surface area (Å²) in [4.78, 5) is 21.7. The Labute approximate surface area is 151 Å². The van der Waals surface area contributed by atoms with Crippen molar-refractivity contribution in [3.05, 3.63) is 34.4 Å². The minimum absolute atomic E-state index is 0.212. The highest BCUT2D eigenvalue weighted by Crippen LogP contribution is 2.11. The third-order valence-corrected chi connectivity index (χ3v) is 4.01. The number of methoxy groups -OCH3 is 1. The van der Waals surface area contributed by atoms with Crippen LogP contribution in [0.2, 0.25) is 0 Å². The molecule has 25 heavy (non-hydrogen) atoms. The molecule has 0 saturated carbocycles. The molecule has 0 aliphatic heterocycles. The third-order valence-electron chi connectivity index (χ3n) is 4.01. The number of ether oxygens (including phenoxy) is 1. The molecule has 0 heterocycles. The fourth-order valence-corrected chi connectivity index (χ4v) is 2.39. The number of hydrogen-bond donors (Lipinski definition) is 1. The van der Waals surface area contributed by atoms with E-state index in [0.717, 1.165) is 44.9 Å². The quantitative estimate of drug-likeness (QED) is 0.156. The second-order valence-corrected chi connectivity index (χ2v) is 6.15. The van der Waals surface area contributed by atoms with E-state index in [1.807, 2.05) is 18.2 Å². The van der Waals surface area contributed by atoms with E-state index in [4.69, 9.17) is 0 Å². The number of carbonyl (C=O) groups excluding carboxylic acids is 1. The van der Waals surface area contributed by atoms with Gasteiger partial charge in [0.1, 0.15) is 6.10 Å². The third kappa shape index (κ3) is 13.3. The Morgan fingerprint density at radius 1 is 1.08 bits per heavy atom. The summed E-state index contributed by atoms with van der Waals surface area (Å²) in [7, 11) is 1.37. The van der Waals surface area contributed by atoms with Crippen LogP contribution in [0.25, 0.3) is 0 Å². The molecule has 6 nitrogen and oxygen atoms in total. The largest absolute Gasteiger partial charge is 0.469 e. The van der Waals surface area contributed by atoms with Crippen LogP contribution in [-0.4, -0.2) is 35.3 Å². The molecule has 0 radical (unpaired) electrons. The van der Waals surface area contributed by atoms with E-state index in [9.17, 15) is 20.0 Å². The van der Waals surface area contributed by atoms with Gasteiger partial charge in [0, 0.05) is 17.8 Å². The van der Waals surface area contributed by atoms with E-state index in [-0.39, 0.29) is 18.8 Å². The second-order valence-electron chi connectivity index (χ2n) is 6.15. The van der Waals surface area contributed by atoms with Crippen molar-refractivity contribution in [2.24, 2.45) is 0 Å². The van der Waals surface area contributed by atoms with E-state index < -0.39 is 17.1 Å². The number of aliphatic hydroxyl groups is 1. The molecule has 0 saturated heterocycles. The zero-order valence-electron chi connectivity index (χ0n) is 15.6. The summed E-state index contributed by atoms with van der Waals surface area (Å²) in [5.41, 5.74) is 0. The van der Waals surface area contributed by atoms with Crippen LogP contribution in [0.15, 0.2) is 24.3 Å². The summed E-state index contributed by atoms with van der Waals surface area (Å²) in [6.45, 7) is 2.13. The lowest BCUT2D eigenvalue weighted by atomic mass is 10.0. The van der Waals surface area contributed by atoms with Crippen molar-refractivity contribution in [2.75, 3.05) is 7.11 Å². The molecule has 0 aromatic rings. The number of nitro groups is 1. The minimum Gasteiger partial charge on any atom is -0.469 e. The Bertz CT molecular complexity index is 420. The molecule has 0 bridgehead atoms. The maximum absolute atomic E-state index is 11.1. The number of nitrogens with zero attached hydrogens (tertiary/aromatic N) is 1. The molecule has 0 fully saturated rings. The van der Waals surface area contributed by atoms with E-state index in [0.29, 0.717) is 6.42 Å². The summed E-state index contributed by atoms with van der Waals surface area (Å²) in [6, 6.07) is -0.966. The molecule has 2 atom stereocenters. The van der Waals surface area contributed by atoms with Crippen LogP contribution in [0.4, 0.5) is 0 Å².